The van der Waals surface area contributed by atoms with Gasteiger partial charge in [0.25, 0.3) is 0 Å². The monoisotopic (exact) mass is 413 g/mol. The van der Waals surface area contributed by atoms with E-state index in [2.05, 4.69) is 5.32 Å². The number of carbonyl (C=O) groups is 3. The molecule has 2 rings (SSSR count). The van der Waals surface area contributed by atoms with E-state index in [0.717, 1.165) is 11.1 Å². The highest BCUT2D eigenvalue weighted by molar-refractivity contribution is 5.92. The van der Waals surface area contributed by atoms with E-state index in [-0.39, 0.29) is 31.1 Å². The molecule has 2 atom stereocenters. The molecule has 2 aromatic carbocycles. The van der Waals surface area contributed by atoms with Crippen molar-refractivity contribution in [2.24, 2.45) is 11.8 Å². The number of alkyl carbamates (subject to hydrolysis) is 1. The van der Waals surface area contributed by atoms with Crippen molar-refractivity contribution in [3.05, 3.63) is 71.8 Å². The molecular weight excluding hydrogens is 385 g/mol. The maximum Gasteiger partial charge on any atom is 0.408 e. The number of amides is 1. The van der Waals surface area contributed by atoms with Crippen molar-refractivity contribution in [3.8, 4) is 0 Å². The molecule has 0 bridgehead atoms. The third kappa shape index (κ3) is 7.43. The summed E-state index contributed by atoms with van der Waals surface area (Å²) in [5, 5.41) is 2.60. The first kappa shape index (κ1) is 23.3. The van der Waals surface area contributed by atoms with Crippen LogP contribution in [-0.4, -0.2) is 30.4 Å². The van der Waals surface area contributed by atoms with Crippen LogP contribution in [0, 0.1) is 11.8 Å². The summed E-state index contributed by atoms with van der Waals surface area (Å²) in [6.45, 7) is 2.55. The van der Waals surface area contributed by atoms with Crippen molar-refractivity contribution in [1.82, 2.24) is 5.32 Å². The molecule has 0 aliphatic rings. The van der Waals surface area contributed by atoms with Gasteiger partial charge in [0, 0.05) is 12.3 Å². The molecule has 0 spiro atoms. The topological polar surface area (TPSA) is 72.5 Å². The van der Waals surface area contributed by atoms with Crippen molar-refractivity contribution in [3.63, 3.8) is 0 Å². The second-order valence-corrected chi connectivity index (χ2v) is 7.58. The molecule has 1 amide bonds. The summed E-state index contributed by atoms with van der Waals surface area (Å²) in [4.78, 5) is 37.1. The Morgan fingerprint density at radius 3 is 2.00 bits per heavy atom. The largest absolute Gasteiger partial charge is 0.445 e. The number of ether oxygens (including phenoxy) is 1. The summed E-state index contributed by atoms with van der Waals surface area (Å²) in [5.74, 6) is -1.90. The summed E-state index contributed by atoms with van der Waals surface area (Å²) in [7, 11) is 0. The Morgan fingerprint density at radius 1 is 0.900 bits per heavy atom. The number of ketones is 2. The number of nitrogens with one attached hydrogen (secondary N) is 1. The number of alkyl halides is 1. The van der Waals surface area contributed by atoms with Gasteiger partial charge < -0.3 is 10.1 Å². The van der Waals surface area contributed by atoms with Gasteiger partial charge in [0.15, 0.2) is 11.6 Å². The molecule has 160 valence electrons. The van der Waals surface area contributed by atoms with Gasteiger partial charge in [-0.15, -0.1) is 0 Å². The lowest BCUT2D eigenvalue weighted by atomic mass is 9.87. The third-order valence-electron chi connectivity index (χ3n) is 4.86. The molecular formula is C24H28FNO4. The van der Waals surface area contributed by atoms with Gasteiger partial charge >= 0.3 is 6.09 Å². The SMILES string of the molecule is CC(C)[C@H](NC(=O)OCc1ccccc1)C(=O)C[C@@H](Cc1ccccc1)C(=O)CF. The molecule has 30 heavy (non-hydrogen) atoms. The van der Waals surface area contributed by atoms with Gasteiger partial charge in [0.2, 0.25) is 0 Å². The second-order valence-electron chi connectivity index (χ2n) is 7.58. The summed E-state index contributed by atoms with van der Waals surface area (Å²) in [5.41, 5.74) is 1.69. The number of rotatable bonds is 11. The average molecular weight is 413 g/mol. The molecule has 0 aliphatic heterocycles. The van der Waals surface area contributed by atoms with E-state index in [4.69, 9.17) is 4.74 Å². The van der Waals surface area contributed by atoms with Crippen LogP contribution in [0.25, 0.3) is 0 Å². The Bertz CT molecular complexity index is 824. The Kier molecular flexibility index (Phi) is 9.19. The fourth-order valence-corrected chi connectivity index (χ4v) is 3.19. The van der Waals surface area contributed by atoms with Crippen molar-refractivity contribution >= 4 is 17.7 Å². The number of Topliss-reactive ketones (excluding diaryl/α,β-unsaturated/α-hetero) is 2. The van der Waals surface area contributed by atoms with Crippen LogP contribution in [0.1, 0.15) is 31.4 Å². The first-order chi connectivity index (χ1) is 14.4. The predicted molar refractivity (Wildman–Crippen MR) is 113 cm³/mol. The summed E-state index contributed by atoms with van der Waals surface area (Å²) in [6, 6.07) is 17.6. The van der Waals surface area contributed by atoms with Gasteiger partial charge in [-0.25, -0.2) is 9.18 Å². The van der Waals surface area contributed by atoms with Crippen LogP contribution in [0.15, 0.2) is 60.7 Å². The van der Waals surface area contributed by atoms with Gasteiger partial charge in [-0.1, -0.05) is 74.5 Å². The molecule has 0 fully saturated rings. The molecule has 6 heteroatoms. The maximum atomic E-state index is 13.1. The zero-order valence-corrected chi connectivity index (χ0v) is 17.3. The van der Waals surface area contributed by atoms with E-state index in [9.17, 15) is 18.8 Å². The normalized spacial score (nSPS) is 12.8. The Hall–Kier alpha value is -3.02. The van der Waals surface area contributed by atoms with E-state index in [1.165, 1.54) is 0 Å². The van der Waals surface area contributed by atoms with E-state index < -0.39 is 30.5 Å². The maximum absolute atomic E-state index is 13.1. The molecule has 0 saturated heterocycles. The number of hydrogen-bond donors (Lipinski definition) is 1. The van der Waals surface area contributed by atoms with E-state index in [1.807, 2.05) is 60.7 Å². The van der Waals surface area contributed by atoms with Gasteiger partial charge in [-0.3, -0.25) is 9.59 Å². The molecule has 0 radical (unpaired) electrons. The van der Waals surface area contributed by atoms with Crippen molar-refractivity contribution in [1.29, 1.82) is 0 Å². The van der Waals surface area contributed by atoms with Crippen LogP contribution >= 0.6 is 0 Å². The number of halogens is 1. The minimum atomic E-state index is -1.12. The second kappa shape index (κ2) is 11.9. The lowest BCUT2D eigenvalue weighted by molar-refractivity contribution is -0.129. The van der Waals surface area contributed by atoms with Gasteiger partial charge in [-0.05, 0) is 23.5 Å². The van der Waals surface area contributed by atoms with Crippen molar-refractivity contribution in [2.45, 2.75) is 39.3 Å². The van der Waals surface area contributed by atoms with Gasteiger partial charge in [0.05, 0.1) is 6.04 Å². The summed E-state index contributed by atoms with van der Waals surface area (Å²) in [6.07, 6.45) is -0.569. The fraction of sp³-hybridized carbons (Fsp3) is 0.375. The molecule has 0 aliphatic carbocycles. The summed E-state index contributed by atoms with van der Waals surface area (Å²) >= 11 is 0. The van der Waals surface area contributed by atoms with Crippen molar-refractivity contribution in [2.75, 3.05) is 6.67 Å². The smallest absolute Gasteiger partial charge is 0.408 e. The highest BCUT2D eigenvalue weighted by Crippen LogP contribution is 2.18. The molecule has 0 aromatic heterocycles. The number of hydrogen-bond acceptors (Lipinski definition) is 4. The minimum Gasteiger partial charge on any atom is -0.445 e. The van der Waals surface area contributed by atoms with E-state index in [0.29, 0.717) is 0 Å². The average Bonchev–Trinajstić information content (AvgIpc) is 2.76. The van der Waals surface area contributed by atoms with Crippen LogP contribution in [-0.2, 0) is 27.4 Å². The highest BCUT2D eigenvalue weighted by Gasteiger charge is 2.29. The van der Waals surface area contributed by atoms with Gasteiger partial charge in [0.1, 0.15) is 13.3 Å². The lowest BCUT2D eigenvalue weighted by Crippen LogP contribution is -2.45. The zero-order chi connectivity index (χ0) is 21.9. The molecule has 2 aromatic rings. The quantitative estimate of drug-likeness (QED) is 0.596. The van der Waals surface area contributed by atoms with Crippen LogP contribution in [0.4, 0.5) is 9.18 Å². The van der Waals surface area contributed by atoms with Crippen molar-refractivity contribution < 1.29 is 23.5 Å². The Labute approximate surface area is 176 Å². The number of benzene rings is 2. The first-order valence-electron chi connectivity index (χ1n) is 10.0. The molecule has 1 N–H and O–H groups in total. The van der Waals surface area contributed by atoms with E-state index >= 15 is 0 Å². The summed E-state index contributed by atoms with van der Waals surface area (Å²) < 4.78 is 18.3. The molecule has 0 heterocycles. The fourth-order valence-electron chi connectivity index (χ4n) is 3.19. The zero-order valence-electron chi connectivity index (χ0n) is 17.3. The minimum absolute atomic E-state index is 0.0860. The van der Waals surface area contributed by atoms with Crippen LogP contribution < -0.4 is 5.32 Å². The molecule has 0 saturated carbocycles. The Balaban J connectivity index is 1.99. The standard InChI is InChI=1S/C24H28FNO4/c1-17(2)23(26-24(29)30-16-19-11-7-4-8-12-19)21(27)14-20(22(28)15-25)13-18-9-5-3-6-10-18/h3-12,17,20,23H,13-16H2,1-2H3,(H,26,29)/t20-,23+/m1/s1. The van der Waals surface area contributed by atoms with Crippen LogP contribution in [0.3, 0.4) is 0 Å². The lowest BCUT2D eigenvalue weighted by Gasteiger charge is -2.23. The third-order valence-corrected chi connectivity index (χ3v) is 4.86. The highest BCUT2D eigenvalue weighted by atomic mass is 19.1. The van der Waals surface area contributed by atoms with Crippen LogP contribution in [0.2, 0.25) is 0 Å². The predicted octanol–water partition coefficient (Wildman–Crippen LogP) is 4.29. The Morgan fingerprint density at radius 2 is 1.47 bits per heavy atom. The van der Waals surface area contributed by atoms with Crippen LogP contribution in [0.5, 0.6) is 0 Å². The first-order valence-corrected chi connectivity index (χ1v) is 10.0. The van der Waals surface area contributed by atoms with Gasteiger partial charge in [-0.2, -0.15) is 0 Å². The molecule has 5 nitrogen and oxygen atoms in total. The van der Waals surface area contributed by atoms with E-state index in [1.54, 1.807) is 13.8 Å². The molecule has 0 unspecified atom stereocenters. The number of carbonyl (C=O) groups excluding carboxylic acids is 3.